The fourth-order valence-electron chi connectivity index (χ4n) is 2.41. The maximum atomic E-state index is 13.0. The van der Waals surface area contributed by atoms with E-state index in [4.69, 9.17) is 14.4 Å². The van der Waals surface area contributed by atoms with Crippen LogP contribution in [-0.4, -0.2) is 24.2 Å². The molecular formula is C21H15FN2O4S. The zero-order valence-corrected chi connectivity index (χ0v) is 15.9. The van der Waals surface area contributed by atoms with E-state index in [-0.39, 0.29) is 17.3 Å². The van der Waals surface area contributed by atoms with Crippen LogP contribution in [0.1, 0.15) is 10.6 Å². The van der Waals surface area contributed by atoms with Gasteiger partial charge in [0.2, 0.25) is 5.76 Å². The fourth-order valence-corrected chi connectivity index (χ4v) is 3.08. The molecule has 146 valence electrons. The Morgan fingerprint density at radius 3 is 2.62 bits per heavy atom. The van der Waals surface area contributed by atoms with Crippen LogP contribution >= 0.6 is 11.8 Å². The molecule has 0 saturated carbocycles. The van der Waals surface area contributed by atoms with Crippen molar-refractivity contribution in [3.05, 3.63) is 72.2 Å². The number of nitrogens with zero attached hydrogens (tertiary/aromatic N) is 1. The van der Waals surface area contributed by atoms with Gasteiger partial charge in [-0.05, 0) is 48.5 Å². The van der Waals surface area contributed by atoms with Crippen molar-refractivity contribution in [3.63, 3.8) is 0 Å². The first-order chi connectivity index (χ1) is 14.1. The number of halogens is 1. The number of thioether (sulfide) groups is 1. The van der Waals surface area contributed by atoms with Gasteiger partial charge in [-0.1, -0.05) is 12.1 Å². The molecule has 0 fully saturated rings. The second-order valence-electron chi connectivity index (χ2n) is 5.74. The van der Waals surface area contributed by atoms with Gasteiger partial charge in [-0.25, -0.2) is 9.18 Å². The number of carbonyl (C=O) groups is 2. The third-order valence-corrected chi connectivity index (χ3v) is 4.66. The van der Waals surface area contributed by atoms with Gasteiger partial charge in [-0.2, -0.15) is 5.26 Å². The number of esters is 1. The first kappa shape index (κ1) is 20.2. The summed E-state index contributed by atoms with van der Waals surface area (Å²) in [5.41, 5.74) is 1.14. The topological polar surface area (TPSA) is 92.3 Å². The lowest BCUT2D eigenvalue weighted by atomic mass is 10.2. The first-order valence-corrected chi connectivity index (χ1v) is 9.47. The molecule has 3 aromatic rings. The highest BCUT2D eigenvalue weighted by molar-refractivity contribution is 7.99. The Bertz CT molecular complexity index is 1060. The molecule has 2 aromatic carbocycles. The summed E-state index contributed by atoms with van der Waals surface area (Å²) in [6, 6.07) is 17.7. The summed E-state index contributed by atoms with van der Waals surface area (Å²) in [6.45, 7) is -0.497. The van der Waals surface area contributed by atoms with E-state index in [1.807, 2.05) is 6.07 Å². The average Bonchev–Trinajstić information content (AvgIpc) is 3.22. The number of nitrogens with one attached hydrogen (secondary N) is 1. The molecule has 3 rings (SSSR count). The summed E-state index contributed by atoms with van der Waals surface area (Å²) >= 11 is 1.29. The Kier molecular flexibility index (Phi) is 6.66. The third-order valence-electron chi connectivity index (χ3n) is 3.72. The molecule has 0 aliphatic rings. The van der Waals surface area contributed by atoms with Crippen LogP contribution in [0.4, 0.5) is 10.1 Å². The lowest BCUT2D eigenvalue weighted by Crippen LogP contribution is -2.21. The monoisotopic (exact) mass is 410 g/mol. The maximum Gasteiger partial charge on any atom is 0.374 e. The Morgan fingerprint density at radius 1 is 1.10 bits per heavy atom. The van der Waals surface area contributed by atoms with Crippen molar-refractivity contribution in [2.24, 2.45) is 0 Å². The van der Waals surface area contributed by atoms with Crippen molar-refractivity contribution >= 4 is 29.3 Å². The number of hydrogen-bond donors (Lipinski definition) is 1. The summed E-state index contributed by atoms with van der Waals surface area (Å²) in [6.07, 6.45) is 0. The molecule has 0 atom stereocenters. The van der Waals surface area contributed by atoms with Crippen molar-refractivity contribution in [2.75, 3.05) is 17.7 Å². The van der Waals surface area contributed by atoms with Crippen LogP contribution in [0.3, 0.4) is 0 Å². The van der Waals surface area contributed by atoms with E-state index in [1.54, 1.807) is 30.3 Å². The lowest BCUT2D eigenvalue weighted by Gasteiger charge is -2.09. The van der Waals surface area contributed by atoms with Crippen molar-refractivity contribution in [1.82, 2.24) is 0 Å². The fraction of sp³-hybridized carbons (Fsp3) is 0.0952. The molecular weight excluding hydrogens is 395 g/mol. The Balaban J connectivity index is 1.57. The molecule has 0 unspecified atom stereocenters. The van der Waals surface area contributed by atoms with E-state index in [0.29, 0.717) is 17.0 Å². The minimum atomic E-state index is -0.791. The number of rotatable bonds is 7. The van der Waals surface area contributed by atoms with Crippen LogP contribution in [0.15, 0.2) is 70.0 Å². The van der Waals surface area contributed by atoms with Gasteiger partial charge in [0, 0.05) is 10.5 Å². The number of para-hydroxylation sites is 1. The molecule has 6 nitrogen and oxygen atoms in total. The van der Waals surface area contributed by atoms with Crippen LogP contribution < -0.4 is 5.32 Å². The van der Waals surface area contributed by atoms with Crippen LogP contribution in [-0.2, 0) is 9.53 Å². The van der Waals surface area contributed by atoms with E-state index in [1.165, 1.54) is 42.1 Å². The van der Waals surface area contributed by atoms with Gasteiger partial charge in [-0.15, -0.1) is 11.8 Å². The number of carbonyl (C=O) groups excluding carboxylic acids is 2. The highest BCUT2D eigenvalue weighted by Crippen LogP contribution is 2.26. The molecule has 1 amide bonds. The standard InChI is InChI=1S/C21H15FN2O4S/c22-15-7-5-14(6-8-15)17-9-10-18(28-17)21(26)27-13-20(25)24-16-3-1-2-4-19(16)29-12-11-23/h1-10H,12-13H2,(H,24,25). The molecule has 8 heteroatoms. The normalized spacial score (nSPS) is 10.2. The summed E-state index contributed by atoms with van der Waals surface area (Å²) < 4.78 is 23.4. The SMILES string of the molecule is N#CCSc1ccccc1NC(=O)COC(=O)c1ccc(-c2ccc(F)cc2)o1. The molecule has 0 bridgehead atoms. The summed E-state index contributed by atoms with van der Waals surface area (Å²) in [4.78, 5) is 25.0. The minimum Gasteiger partial charge on any atom is -0.450 e. The predicted molar refractivity (Wildman–Crippen MR) is 106 cm³/mol. The van der Waals surface area contributed by atoms with E-state index >= 15 is 0 Å². The summed E-state index contributed by atoms with van der Waals surface area (Å²) in [5.74, 6) is -1.13. The molecule has 1 N–H and O–H groups in total. The number of amides is 1. The van der Waals surface area contributed by atoms with Crippen LogP contribution in [0.25, 0.3) is 11.3 Å². The molecule has 0 aliphatic carbocycles. The van der Waals surface area contributed by atoms with E-state index < -0.39 is 18.5 Å². The Labute approximate surface area is 170 Å². The van der Waals surface area contributed by atoms with E-state index in [2.05, 4.69) is 5.32 Å². The molecule has 0 saturated heterocycles. The number of nitriles is 1. The van der Waals surface area contributed by atoms with Gasteiger partial charge in [-0.3, -0.25) is 4.79 Å². The molecule has 1 aromatic heterocycles. The highest BCUT2D eigenvalue weighted by Gasteiger charge is 2.16. The van der Waals surface area contributed by atoms with Gasteiger partial charge in [0.1, 0.15) is 11.6 Å². The van der Waals surface area contributed by atoms with Gasteiger partial charge in [0.25, 0.3) is 5.91 Å². The van der Waals surface area contributed by atoms with Crippen LogP contribution in [0.5, 0.6) is 0 Å². The number of hydrogen-bond acceptors (Lipinski definition) is 6. The summed E-state index contributed by atoms with van der Waals surface area (Å²) in [5, 5.41) is 11.3. The number of anilines is 1. The second kappa shape index (κ2) is 9.57. The molecule has 0 spiro atoms. The molecule has 0 radical (unpaired) electrons. The maximum absolute atomic E-state index is 13.0. The predicted octanol–water partition coefficient (Wildman–Crippen LogP) is 4.50. The van der Waals surface area contributed by atoms with Crippen LogP contribution in [0.2, 0.25) is 0 Å². The third kappa shape index (κ3) is 5.46. The number of furan rings is 1. The lowest BCUT2D eigenvalue weighted by molar-refractivity contribution is -0.119. The number of ether oxygens (including phenoxy) is 1. The van der Waals surface area contributed by atoms with Gasteiger partial charge in [0.05, 0.1) is 17.5 Å². The van der Waals surface area contributed by atoms with Crippen molar-refractivity contribution in [3.8, 4) is 17.4 Å². The Morgan fingerprint density at radius 2 is 1.86 bits per heavy atom. The zero-order chi connectivity index (χ0) is 20.6. The largest absolute Gasteiger partial charge is 0.450 e. The quantitative estimate of drug-likeness (QED) is 0.456. The first-order valence-electron chi connectivity index (χ1n) is 8.48. The van der Waals surface area contributed by atoms with Gasteiger partial charge >= 0.3 is 5.97 Å². The van der Waals surface area contributed by atoms with Gasteiger partial charge < -0.3 is 14.5 Å². The molecule has 29 heavy (non-hydrogen) atoms. The second-order valence-corrected chi connectivity index (χ2v) is 6.76. The number of benzene rings is 2. The smallest absolute Gasteiger partial charge is 0.374 e. The van der Waals surface area contributed by atoms with Crippen molar-refractivity contribution in [1.29, 1.82) is 5.26 Å². The molecule has 1 heterocycles. The molecule has 0 aliphatic heterocycles. The average molecular weight is 410 g/mol. The van der Waals surface area contributed by atoms with E-state index in [0.717, 1.165) is 4.90 Å². The summed E-state index contributed by atoms with van der Waals surface area (Å²) in [7, 11) is 0. The highest BCUT2D eigenvalue weighted by atomic mass is 32.2. The van der Waals surface area contributed by atoms with E-state index in [9.17, 15) is 14.0 Å². The minimum absolute atomic E-state index is 0.0675. The van der Waals surface area contributed by atoms with Crippen LogP contribution in [0, 0.1) is 17.1 Å². The van der Waals surface area contributed by atoms with Gasteiger partial charge in [0.15, 0.2) is 6.61 Å². The van der Waals surface area contributed by atoms with Crippen molar-refractivity contribution in [2.45, 2.75) is 4.90 Å². The van der Waals surface area contributed by atoms with Crippen molar-refractivity contribution < 1.29 is 23.1 Å². The Hall–Kier alpha value is -3.57. The zero-order valence-electron chi connectivity index (χ0n) is 15.1.